The normalized spacial score (nSPS) is 17.6. The SMILES string of the molecule is C=C1C(=O)NC(=O)N1c1ccc2c(c1)OCO2. The fourth-order valence-electron chi connectivity index (χ4n) is 1.75. The minimum atomic E-state index is -0.515. The van der Waals surface area contributed by atoms with Crippen molar-refractivity contribution in [1.82, 2.24) is 5.32 Å². The Morgan fingerprint density at radius 3 is 2.71 bits per heavy atom. The zero-order chi connectivity index (χ0) is 12.0. The molecule has 1 aromatic rings. The Morgan fingerprint density at radius 1 is 1.24 bits per heavy atom. The van der Waals surface area contributed by atoms with Gasteiger partial charge in [0.1, 0.15) is 5.70 Å². The lowest BCUT2D eigenvalue weighted by atomic mass is 10.2. The van der Waals surface area contributed by atoms with E-state index >= 15 is 0 Å². The number of carbonyl (C=O) groups is 2. The van der Waals surface area contributed by atoms with Gasteiger partial charge < -0.3 is 9.47 Å². The summed E-state index contributed by atoms with van der Waals surface area (Å²) in [4.78, 5) is 24.0. The van der Waals surface area contributed by atoms with Gasteiger partial charge in [-0.25, -0.2) is 4.79 Å². The number of fused-ring (bicyclic) bond motifs is 1. The van der Waals surface area contributed by atoms with Crippen LogP contribution in [0.3, 0.4) is 0 Å². The average Bonchev–Trinajstić information content (AvgIpc) is 2.84. The van der Waals surface area contributed by atoms with Gasteiger partial charge in [-0.1, -0.05) is 6.58 Å². The number of imide groups is 1. The summed E-state index contributed by atoms with van der Waals surface area (Å²) in [6.45, 7) is 3.72. The van der Waals surface area contributed by atoms with Crippen molar-refractivity contribution in [3.63, 3.8) is 0 Å². The number of ether oxygens (including phenoxy) is 2. The summed E-state index contributed by atoms with van der Waals surface area (Å²) < 4.78 is 10.4. The predicted molar refractivity (Wildman–Crippen MR) is 57.7 cm³/mol. The number of anilines is 1. The quantitative estimate of drug-likeness (QED) is 0.579. The maximum atomic E-state index is 11.6. The van der Waals surface area contributed by atoms with Crippen molar-refractivity contribution in [2.45, 2.75) is 0 Å². The molecule has 1 fully saturated rings. The van der Waals surface area contributed by atoms with Crippen LogP contribution in [0.1, 0.15) is 0 Å². The Hall–Kier alpha value is -2.50. The molecule has 3 amide bonds. The number of nitrogens with one attached hydrogen (secondary N) is 1. The number of benzene rings is 1. The van der Waals surface area contributed by atoms with Crippen molar-refractivity contribution < 1.29 is 19.1 Å². The minimum absolute atomic E-state index is 0.0915. The van der Waals surface area contributed by atoms with Gasteiger partial charge in [0.15, 0.2) is 11.5 Å². The summed E-state index contributed by atoms with van der Waals surface area (Å²) in [5.41, 5.74) is 0.608. The summed E-state index contributed by atoms with van der Waals surface area (Å²) in [5, 5.41) is 2.16. The smallest absolute Gasteiger partial charge is 0.333 e. The zero-order valence-electron chi connectivity index (χ0n) is 8.73. The summed E-state index contributed by atoms with van der Waals surface area (Å²) in [6, 6.07) is 4.46. The average molecular weight is 232 g/mol. The molecule has 17 heavy (non-hydrogen) atoms. The van der Waals surface area contributed by atoms with Gasteiger partial charge in [0.05, 0.1) is 5.69 Å². The van der Waals surface area contributed by atoms with Crippen LogP contribution in [0.2, 0.25) is 0 Å². The number of amides is 3. The number of rotatable bonds is 1. The van der Waals surface area contributed by atoms with Gasteiger partial charge in [0.25, 0.3) is 5.91 Å². The van der Waals surface area contributed by atoms with E-state index in [1.54, 1.807) is 18.2 Å². The van der Waals surface area contributed by atoms with Crippen molar-refractivity contribution in [2.75, 3.05) is 11.7 Å². The Labute approximate surface area is 96.4 Å². The molecule has 6 heteroatoms. The molecule has 2 heterocycles. The molecule has 86 valence electrons. The minimum Gasteiger partial charge on any atom is -0.454 e. The molecule has 0 atom stereocenters. The number of hydrogen-bond acceptors (Lipinski definition) is 4. The standard InChI is InChI=1S/C11H8N2O4/c1-6-10(14)12-11(15)13(6)7-2-3-8-9(4-7)17-5-16-8/h2-4H,1,5H2,(H,12,14,15). The van der Waals surface area contributed by atoms with Crippen molar-refractivity contribution >= 4 is 17.6 Å². The molecule has 1 aromatic carbocycles. The van der Waals surface area contributed by atoms with Crippen LogP contribution in [0.4, 0.5) is 10.5 Å². The Kier molecular flexibility index (Phi) is 1.85. The van der Waals surface area contributed by atoms with Gasteiger partial charge in [0, 0.05) is 6.07 Å². The molecule has 0 bridgehead atoms. The molecule has 1 N–H and O–H groups in total. The van der Waals surface area contributed by atoms with Gasteiger partial charge >= 0.3 is 6.03 Å². The van der Waals surface area contributed by atoms with Crippen molar-refractivity contribution in [1.29, 1.82) is 0 Å². The molecule has 6 nitrogen and oxygen atoms in total. The first-order valence-corrected chi connectivity index (χ1v) is 4.91. The molecule has 2 aliphatic heterocycles. The molecule has 0 aromatic heterocycles. The highest BCUT2D eigenvalue weighted by molar-refractivity contribution is 6.21. The third-order valence-corrected chi connectivity index (χ3v) is 2.57. The van der Waals surface area contributed by atoms with Crippen LogP contribution in [0, 0.1) is 0 Å². The summed E-state index contributed by atoms with van der Waals surface area (Å²) in [6.07, 6.45) is 0. The summed E-state index contributed by atoms with van der Waals surface area (Å²) >= 11 is 0. The third kappa shape index (κ3) is 1.34. The van der Waals surface area contributed by atoms with E-state index in [2.05, 4.69) is 11.9 Å². The second-order valence-electron chi connectivity index (χ2n) is 3.58. The van der Waals surface area contributed by atoms with E-state index in [9.17, 15) is 9.59 Å². The largest absolute Gasteiger partial charge is 0.454 e. The van der Waals surface area contributed by atoms with E-state index in [1.807, 2.05) is 0 Å². The number of nitrogens with zero attached hydrogens (tertiary/aromatic N) is 1. The first-order valence-electron chi connectivity index (χ1n) is 4.91. The second-order valence-corrected chi connectivity index (χ2v) is 3.58. The van der Waals surface area contributed by atoms with E-state index in [4.69, 9.17) is 9.47 Å². The second kappa shape index (κ2) is 3.24. The predicted octanol–water partition coefficient (Wildman–Crippen LogP) is 0.985. The molecule has 0 unspecified atom stereocenters. The molecular formula is C11H8N2O4. The monoisotopic (exact) mass is 232 g/mol. The van der Waals surface area contributed by atoms with E-state index < -0.39 is 11.9 Å². The molecule has 0 saturated carbocycles. The number of hydrogen-bond donors (Lipinski definition) is 1. The molecule has 3 rings (SSSR count). The molecular weight excluding hydrogens is 224 g/mol. The highest BCUT2D eigenvalue weighted by Gasteiger charge is 2.33. The van der Waals surface area contributed by atoms with Crippen molar-refractivity contribution in [3.8, 4) is 11.5 Å². The van der Waals surface area contributed by atoms with E-state index in [1.165, 1.54) is 4.90 Å². The van der Waals surface area contributed by atoms with Crippen LogP contribution in [0.25, 0.3) is 0 Å². The summed E-state index contributed by atoms with van der Waals surface area (Å²) in [5.74, 6) is 0.667. The lowest BCUT2D eigenvalue weighted by Crippen LogP contribution is -2.27. The van der Waals surface area contributed by atoms with E-state index in [-0.39, 0.29) is 12.5 Å². The lowest BCUT2D eigenvalue weighted by molar-refractivity contribution is -0.115. The lowest BCUT2D eigenvalue weighted by Gasteiger charge is -2.14. The van der Waals surface area contributed by atoms with Crippen LogP contribution in [0.5, 0.6) is 11.5 Å². The van der Waals surface area contributed by atoms with Gasteiger partial charge in [-0.15, -0.1) is 0 Å². The van der Waals surface area contributed by atoms with Gasteiger partial charge in [-0.2, -0.15) is 0 Å². The zero-order valence-corrected chi connectivity index (χ0v) is 8.73. The topological polar surface area (TPSA) is 67.9 Å². The molecule has 0 radical (unpaired) electrons. The van der Waals surface area contributed by atoms with E-state index in [0.717, 1.165) is 0 Å². The molecule has 0 aliphatic carbocycles. The highest BCUT2D eigenvalue weighted by atomic mass is 16.7. The maximum absolute atomic E-state index is 11.6. The van der Waals surface area contributed by atoms with Gasteiger partial charge in [0.2, 0.25) is 6.79 Å². The Balaban J connectivity index is 2.02. The first-order chi connectivity index (χ1) is 8.16. The number of carbonyl (C=O) groups excluding carboxylic acids is 2. The maximum Gasteiger partial charge on any atom is 0.333 e. The van der Waals surface area contributed by atoms with Crippen LogP contribution in [-0.4, -0.2) is 18.7 Å². The number of urea groups is 1. The summed E-state index contributed by atoms with van der Waals surface area (Å²) in [7, 11) is 0. The Bertz CT molecular complexity index is 552. The fraction of sp³-hybridized carbons (Fsp3) is 0.0909. The van der Waals surface area contributed by atoms with Crippen LogP contribution >= 0.6 is 0 Å². The highest BCUT2D eigenvalue weighted by Crippen LogP contribution is 2.36. The van der Waals surface area contributed by atoms with Crippen molar-refractivity contribution in [3.05, 3.63) is 30.5 Å². The molecule has 2 aliphatic rings. The van der Waals surface area contributed by atoms with Gasteiger partial charge in [-0.05, 0) is 12.1 Å². The van der Waals surface area contributed by atoms with Crippen LogP contribution in [0.15, 0.2) is 30.5 Å². The van der Waals surface area contributed by atoms with Crippen molar-refractivity contribution in [2.24, 2.45) is 0 Å². The van der Waals surface area contributed by atoms with E-state index in [0.29, 0.717) is 17.2 Å². The third-order valence-electron chi connectivity index (χ3n) is 2.57. The molecule has 0 spiro atoms. The van der Waals surface area contributed by atoms with Gasteiger partial charge in [-0.3, -0.25) is 15.0 Å². The Morgan fingerprint density at radius 2 is 2.00 bits per heavy atom. The van der Waals surface area contributed by atoms with Crippen LogP contribution in [-0.2, 0) is 4.79 Å². The fourth-order valence-corrected chi connectivity index (χ4v) is 1.75. The molecule has 1 saturated heterocycles. The van der Waals surface area contributed by atoms with Crippen LogP contribution < -0.4 is 19.7 Å². The first kappa shape index (κ1) is 9.71.